The number of aliphatic hydroxyl groups is 2. The fourth-order valence-corrected chi connectivity index (χ4v) is 2.76. The summed E-state index contributed by atoms with van der Waals surface area (Å²) in [6.45, 7) is 2.01. The fraction of sp³-hybridized carbons (Fsp3) is 0.600. The van der Waals surface area contributed by atoms with Gasteiger partial charge in [-0.25, -0.2) is 0 Å². The minimum atomic E-state index is -0.926. The highest BCUT2D eigenvalue weighted by atomic mass is 16.3. The van der Waals surface area contributed by atoms with Crippen molar-refractivity contribution < 1.29 is 10.2 Å². The first-order valence-corrected chi connectivity index (χ1v) is 6.59. The zero-order chi connectivity index (χ0) is 12.3. The topological polar surface area (TPSA) is 40.5 Å². The highest BCUT2D eigenvalue weighted by Gasteiger charge is 2.36. The molecular formula is C15H22O2. The van der Waals surface area contributed by atoms with Gasteiger partial charge in [0.05, 0.1) is 5.60 Å². The summed E-state index contributed by atoms with van der Waals surface area (Å²) in [5.74, 6) is 0. The van der Waals surface area contributed by atoms with Gasteiger partial charge in [-0.15, -0.1) is 0 Å². The SMILES string of the molecule is Cc1cccc(C(O)C2(O)CCCCCC2)c1. The lowest BCUT2D eigenvalue weighted by atomic mass is 9.84. The molecule has 1 aliphatic rings. The Bertz CT molecular complexity index is 365. The molecule has 94 valence electrons. The molecule has 1 fully saturated rings. The molecule has 2 rings (SSSR count). The van der Waals surface area contributed by atoms with E-state index in [2.05, 4.69) is 0 Å². The lowest BCUT2D eigenvalue weighted by molar-refractivity contribution is -0.0867. The van der Waals surface area contributed by atoms with Crippen LogP contribution < -0.4 is 0 Å². The Morgan fingerprint density at radius 3 is 2.35 bits per heavy atom. The molecule has 0 aliphatic heterocycles. The third kappa shape index (κ3) is 2.88. The van der Waals surface area contributed by atoms with Crippen molar-refractivity contribution in [2.75, 3.05) is 0 Å². The third-order valence-electron chi connectivity index (χ3n) is 3.84. The van der Waals surface area contributed by atoms with E-state index in [1.54, 1.807) is 0 Å². The molecule has 1 aliphatic carbocycles. The number of hydrogen-bond donors (Lipinski definition) is 2. The van der Waals surface area contributed by atoms with Gasteiger partial charge in [0.2, 0.25) is 0 Å². The van der Waals surface area contributed by atoms with Gasteiger partial charge in [-0.05, 0) is 25.3 Å². The second-order valence-corrected chi connectivity index (χ2v) is 5.33. The van der Waals surface area contributed by atoms with Crippen LogP contribution in [0.1, 0.15) is 55.8 Å². The zero-order valence-corrected chi connectivity index (χ0v) is 10.5. The number of rotatable bonds is 2. The normalized spacial score (nSPS) is 21.8. The Morgan fingerprint density at radius 1 is 1.12 bits per heavy atom. The number of hydrogen-bond acceptors (Lipinski definition) is 2. The summed E-state index contributed by atoms with van der Waals surface area (Å²) >= 11 is 0. The van der Waals surface area contributed by atoms with E-state index in [4.69, 9.17) is 0 Å². The van der Waals surface area contributed by atoms with Crippen molar-refractivity contribution in [3.63, 3.8) is 0 Å². The van der Waals surface area contributed by atoms with Gasteiger partial charge in [0, 0.05) is 0 Å². The van der Waals surface area contributed by atoms with Gasteiger partial charge in [0.25, 0.3) is 0 Å². The van der Waals surface area contributed by atoms with Crippen LogP contribution >= 0.6 is 0 Å². The van der Waals surface area contributed by atoms with Gasteiger partial charge in [-0.3, -0.25) is 0 Å². The Hall–Kier alpha value is -0.860. The van der Waals surface area contributed by atoms with Crippen LogP contribution in [0.25, 0.3) is 0 Å². The van der Waals surface area contributed by atoms with Gasteiger partial charge in [-0.1, -0.05) is 55.5 Å². The lowest BCUT2D eigenvalue weighted by Crippen LogP contribution is -2.35. The maximum absolute atomic E-state index is 10.6. The summed E-state index contributed by atoms with van der Waals surface area (Å²) in [6, 6.07) is 7.81. The zero-order valence-electron chi connectivity index (χ0n) is 10.5. The molecule has 17 heavy (non-hydrogen) atoms. The first-order valence-electron chi connectivity index (χ1n) is 6.59. The maximum Gasteiger partial charge on any atom is 0.108 e. The summed E-state index contributed by atoms with van der Waals surface area (Å²) in [7, 11) is 0. The maximum atomic E-state index is 10.6. The van der Waals surface area contributed by atoms with Crippen LogP contribution in [0.2, 0.25) is 0 Å². The van der Waals surface area contributed by atoms with E-state index in [0.29, 0.717) is 12.8 Å². The summed E-state index contributed by atoms with van der Waals surface area (Å²) < 4.78 is 0. The van der Waals surface area contributed by atoms with Crippen molar-refractivity contribution in [1.29, 1.82) is 0 Å². The minimum Gasteiger partial charge on any atom is -0.387 e. The predicted molar refractivity (Wildman–Crippen MR) is 68.8 cm³/mol. The molecule has 0 bridgehead atoms. The van der Waals surface area contributed by atoms with Crippen molar-refractivity contribution in [3.8, 4) is 0 Å². The van der Waals surface area contributed by atoms with Crippen LogP contribution in [-0.4, -0.2) is 15.8 Å². The largest absolute Gasteiger partial charge is 0.387 e. The second kappa shape index (κ2) is 5.19. The minimum absolute atomic E-state index is 0.710. The Balaban J connectivity index is 2.19. The smallest absolute Gasteiger partial charge is 0.108 e. The van der Waals surface area contributed by atoms with Gasteiger partial charge in [0.1, 0.15) is 6.10 Å². The average Bonchev–Trinajstić information content (AvgIpc) is 2.54. The number of aliphatic hydroxyl groups excluding tert-OH is 1. The molecule has 1 aromatic rings. The molecule has 0 spiro atoms. The van der Waals surface area contributed by atoms with Gasteiger partial charge in [-0.2, -0.15) is 0 Å². The predicted octanol–water partition coefficient (Wildman–Crippen LogP) is 3.11. The average molecular weight is 234 g/mol. The highest BCUT2D eigenvalue weighted by Crippen LogP contribution is 2.37. The molecule has 1 saturated carbocycles. The van der Waals surface area contributed by atoms with E-state index in [-0.39, 0.29) is 0 Å². The number of aryl methyl sites for hydroxylation is 1. The van der Waals surface area contributed by atoms with Crippen LogP contribution in [0.15, 0.2) is 24.3 Å². The Kier molecular flexibility index (Phi) is 3.85. The van der Waals surface area contributed by atoms with Crippen molar-refractivity contribution in [3.05, 3.63) is 35.4 Å². The summed E-state index contributed by atoms with van der Waals surface area (Å²) in [5.41, 5.74) is 1.04. The molecule has 1 unspecified atom stereocenters. The Labute approximate surface area is 103 Å². The van der Waals surface area contributed by atoms with E-state index in [1.807, 2.05) is 31.2 Å². The molecule has 0 amide bonds. The van der Waals surface area contributed by atoms with Gasteiger partial charge < -0.3 is 10.2 Å². The van der Waals surface area contributed by atoms with E-state index < -0.39 is 11.7 Å². The van der Waals surface area contributed by atoms with E-state index >= 15 is 0 Å². The van der Waals surface area contributed by atoms with Gasteiger partial charge in [0.15, 0.2) is 0 Å². The standard InChI is InChI=1S/C15H22O2/c1-12-7-6-8-13(11-12)14(16)15(17)9-4-2-3-5-10-15/h6-8,11,14,16-17H,2-5,9-10H2,1H3. The summed E-state index contributed by atoms with van der Waals surface area (Å²) in [5, 5.41) is 21.0. The highest BCUT2D eigenvalue weighted by molar-refractivity contribution is 5.26. The van der Waals surface area contributed by atoms with E-state index in [1.165, 1.54) is 12.8 Å². The summed E-state index contributed by atoms with van der Waals surface area (Å²) in [4.78, 5) is 0. The molecule has 1 aromatic carbocycles. The van der Waals surface area contributed by atoms with E-state index in [9.17, 15) is 10.2 Å². The molecule has 1 atom stereocenters. The first kappa shape index (κ1) is 12.6. The van der Waals surface area contributed by atoms with Crippen molar-refractivity contribution >= 4 is 0 Å². The quantitative estimate of drug-likeness (QED) is 0.772. The molecule has 2 nitrogen and oxygen atoms in total. The van der Waals surface area contributed by atoms with Crippen LogP contribution in [0, 0.1) is 6.92 Å². The first-order chi connectivity index (χ1) is 8.12. The molecule has 0 radical (unpaired) electrons. The van der Waals surface area contributed by atoms with Crippen molar-refractivity contribution in [2.45, 2.75) is 57.2 Å². The van der Waals surface area contributed by atoms with Crippen LogP contribution in [0.3, 0.4) is 0 Å². The summed E-state index contributed by atoms with van der Waals surface area (Å²) in [6.07, 6.45) is 5.04. The lowest BCUT2D eigenvalue weighted by Gasteiger charge is -2.32. The van der Waals surface area contributed by atoms with E-state index in [0.717, 1.165) is 24.0 Å². The third-order valence-corrected chi connectivity index (χ3v) is 3.84. The molecular weight excluding hydrogens is 212 g/mol. The molecule has 0 saturated heterocycles. The van der Waals surface area contributed by atoms with Crippen LogP contribution in [0.4, 0.5) is 0 Å². The Morgan fingerprint density at radius 2 is 1.76 bits per heavy atom. The van der Waals surface area contributed by atoms with Crippen molar-refractivity contribution in [1.82, 2.24) is 0 Å². The van der Waals surface area contributed by atoms with Crippen LogP contribution in [-0.2, 0) is 0 Å². The van der Waals surface area contributed by atoms with Crippen LogP contribution in [0.5, 0.6) is 0 Å². The van der Waals surface area contributed by atoms with Crippen molar-refractivity contribution in [2.24, 2.45) is 0 Å². The monoisotopic (exact) mass is 234 g/mol. The molecule has 2 N–H and O–H groups in total. The number of benzene rings is 1. The molecule has 2 heteroatoms. The second-order valence-electron chi connectivity index (χ2n) is 5.33. The van der Waals surface area contributed by atoms with Gasteiger partial charge >= 0.3 is 0 Å². The fourth-order valence-electron chi connectivity index (χ4n) is 2.76. The molecule has 0 aromatic heterocycles. The molecule has 0 heterocycles.